The molecule has 0 aliphatic carbocycles. The highest BCUT2D eigenvalue weighted by Gasteiger charge is 2.09. The number of nitrogens with zero attached hydrogens (tertiary/aromatic N) is 3. The summed E-state index contributed by atoms with van der Waals surface area (Å²) in [6.45, 7) is 0. The van der Waals surface area contributed by atoms with E-state index in [1.54, 1.807) is 6.07 Å². The van der Waals surface area contributed by atoms with Crippen LogP contribution in [0.25, 0.3) is 16.6 Å². The van der Waals surface area contributed by atoms with Crippen LogP contribution in [0.4, 0.5) is 4.39 Å². The average Bonchev–Trinajstić information content (AvgIpc) is 2.71. The van der Waals surface area contributed by atoms with Gasteiger partial charge in [-0.05, 0) is 28.1 Å². The Morgan fingerprint density at radius 1 is 1.44 bits per heavy atom. The molecule has 0 saturated carbocycles. The molecule has 1 aromatic carbocycles. The van der Waals surface area contributed by atoms with Crippen molar-refractivity contribution in [3.05, 3.63) is 39.2 Å². The Balaban J connectivity index is 2.64. The molecule has 0 saturated heterocycles. The van der Waals surface area contributed by atoms with Gasteiger partial charge in [0, 0.05) is 5.39 Å². The largest absolute Gasteiger partial charge is 0.348 e. The number of H-pyrrole nitrogens is 1. The Bertz CT molecular complexity index is 763. The highest BCUT2D eigenvalue weighted by molar-refractivity contribution is 9.10. The van der Waals surface area contributed by atoms with Crippen molar-refractivity contribution in [2.45, 2.75) is 0 Å². The van der Waals surface area contributed by atoms with Gasteiger partial charge in [0.1, 0.15) is 12.1 Å². The van der Waals surface area contributed by atoms with E-state index >= 15 is 0 Å². The van der Waals surface area contributed by atoms with E-state index in [2.05, 4.69) is 31.0 Å². The molecule has 1 N–H and O–H groups in total. The lowest BCUT2D eigenvalue weighted by Crippen LogP contribution is -2.17. The van der Waals surface area contributed by atoms with Crippen molar-refractivity contribution in [1.82, 2.24) is 19.6 Å². The number of aromatic amines is 1. The lowest BCUT2D eigenvalue weighted by Gasteiger charge is -2.01. The maximum Gasteiger partial charge on any atom is 0.348 e. The second-order valence-electron chi connectivity index (χ2n) is 3.24. The van der Waals surface area contributed by atoms with E-state index in [0.29, 0.717) is 21.0 Å². The summed E-state index contributed by atoms with van der Waals surface area (Å²) in [5, 5.41) is 4.40. The van der Waals surface area contributed by atoms with Crippen LogP contribution >= 0.6 is 15.9 Å². The summed E-state index contributed by atoms with van der Waals surface area (Å²) >= 11 is 3.08. The lowest BCUT2D eigenvalue weighted by atomic mass is 10.2. The van der Waals surface area contributed by atoms with Crippen LogP contribution < -0.4 is 5.69 Å². The minimum atomic E-state index is -0.443. The molecule has 2 aromatic heterocycles. The molecule has 80 valence electrons. The molecule has 0 radical (unpaired) electrons. The van der Waals surface area contributed by atoms with E-state index in [4.69, 9.17) is 0 Å². The molecule has 7 heteroatoms. The van der Waals surface area contributed by atoms with Gasteiger partial charge in [-0.3, -0.25) is 0 Å². The van der Waals surface area contributed by atoms with Gasteiger partial charge < -0.3 is 4.98 Å². The normalized spacial score (nSPS) is 11.4. The van der Waals surface area contributed by atoms with E-state index in [-0.39, 0.29) is 0 Å². The fourth-order valence-corrected chi connectivity index (χ4v) is 1.92. The van der Waals surface area contributed by atoms with E-state index in [1.165, 1.54) is 12.4 Å². The van der Waals surface area contributed by atoms with Crippen molar-refractivity contribution in [2.75, 3.05) is 0 Å². The van der Waals surface area contributed by atoms with Crippen LogP contribution in [-0.2, 0) is 0 Å². The molecule has 0 aliphatic heterocycles. The van der Waals surface area contributed by atoms with Crippen LogP contribution in [0.3, 0.4) is 0 Å². The van der Waals surface area contributed by atoms with E-state index in [1.807, 2.05) is 0 Å². The molecule has 0 spiro atoms. The molecule has 0 unspecified atom stereocenters. The van der Waals surface area contributed by atoms with E-state index in [0.717, 1.165) is 4.52 Å². The Morgan fingerprint density at radius 2 is 2.25 bits per heavy atom. The second-order valence-corrected chi connectivity index (χ2v) is 4.09. The molecule has 0 fully saturated rings. The Labute approximate surface area is 96.1 Å². The summed E-state index contributed by atoms with van der Waals surface area (Å²) in [6.07, 6.45) is 1.28. The van der Waals surface area contributed by atoms with Crippen molar-refractivity contribution in [2.24, 2.45) is 0 Å². The summed E-state index contributed by atoms with van der Waals surface area (Å²) in [6, 6.07) is 2.81. The molecular formula is C9H4BrFN4O. The first kappa shape index (κ1) is 9.46. The average molecular weight is 283 g/mol. The zero-order valence-electron chi connectivity index (χ0n) is 7.74. The first-order chi connectivity index (χ1) is 7.66. The van der Waals surface area contributed by atoms with Crippen LogP contribution in [0.1, 0.15) is 0 Å². The predicted octanol–water partition coefficient (Wildman–Crippen LogP) is 1.47. The van der Waals surface area contributed by atoms with Gasteiger partial charge in [-0.25, -0.2) is 14.2 Å². The molecule has 3 rings (SSSR count). The topological polar surface area (TPSA) is 63.0 Å². The molecule has 0 amide bonds. The van der Waals surface area contributed by atoms with Gasteiger partial charge in [0.2, 0.25) is 0 Å². The third-order valence-electron chi connectivity index (χ3n) is 2.28. The zero-order valence-corrected chi connectivity index (χ0v) is 9.32. The molecular weight excluding hydrogens is 279 g/mol. The minimum Gasteiger partial charge on any atom is -0.305 e. The van der Waals surface area contributed by atoms with Crippen LogP contribution in [0.5, 0.6) is 0 Å². The van der Waals surface area contributed by atoms with Gasteiger partial charge in [0.15, 0.2) is 5.65 Å². The maximum absolute atomic E-state index is 13.3. The fraction of sp³-hybridized carbons (Fsp3) is 0. The monoisotopic (exact) mass is 282 g/mol. The first-order valence-electron chi connectivity index (χ1n) is 4.37. The summed E-state index contributed by atoms with van der Waals surface area (Å²) in [7, 11) is 0. The van der Waals surface area contributed by atoms with Gasteiger partial charge in [-0.1, -0.05) is 0 Å². The van der Waals surface area contributed by atoms with Gasteiger partial charge in [-0.2, -0.15) is 9.61 Å². The molecule has 0 bridgehead atoms. The summed E-state index contributed by atoms with van der Waals surface area (Å²) in [5.41, 5.74) is 0.354. The number of aromatic nitrogens is 4. The standard InChI is InChI=1S/C9H4BrFN4O/c10-5-1-4-7(2-6(5)11)14-9(16)15-8(4)12-3-13-15/h1-3H,(H,14,16). The number of halogens is 2. The highest BCUT2D eigenvalue weighted by atomic mass is 79.9. The van der Waals surface area contributed by atoms with Gasteiger partial charge in [-0.15, -0.1) is 0 Å². The molecule has 0 atom stereocenters. The molecule has 3 aromatic rings. The summed E-state index contributed by atoms with van der Waals surface area (Å²) < 4.78 is 14.7. The van der Waals surface area contributed by atoms with Crippen LogP contribution in [0, 0.1) is 5.82 Å². The quantitative estimate of drug-likeness (QED) is 0.679. The van der Waals surface area contributed by atoms with Crippen molar-refractivity contribution < 1.29 is 4.39 Å². The predicted molar refractivity (Wildman–Crippen MR) is 58.8 cm³/mol. The lowest BCUT2D eigenvalue weighted by molar-refractivity contribution is 0.622. The summed E-state index contributed by atoms with van der Waals surface area (Å²) in [5.74, 6) is -0.438. The van der Waals surface area contributed by atoms with Crippen molar-refractivity contribution >= 4 is 32.5 Å². The second kappa shape index (κ2) is 3.11. The summed E-state index contributed by atoms with van der Waals surface area (Å²) in [4.78, 5) is 18.0. The maximum atomic E-state index is 13.3. The minimum absolute atomic E-state index is 0.317. The van der Waals surface area contributed by atoms with E-state index in [9.17, 15) is 9.18 Å². The molecule has 16 heavy (non-hydrogen) atoms. The van der Waals surface area contributed by atoms with Gasteiger partial charge >= 0.3 is 5.69 Å². The number of fused-ring (bicyclic) bond motifs is 3. The number of benzene rings is 1. The third kappa shape index (κ3) is 1.18. The first-order valence-corrected chi connectivity index (χ1v) is 5.17. The smallest absolute Gasteiger partial charge is 0.305 e. The van der Waals surface area contributed by atoms with Gasteiger partial charge in [0.05, 0.1) is 9.99 Å². The molecule has 0 aliphatic rings. The fourth-order valence-electron chi connectivity index (χ4n) is 1.58. The number of hydrogen-bond acceptors (Lipinski definition) is 3. The third-order valence-corrected chi connectivity index (χ3v) is 2.89. The van der Waals surface area contributed by atoms with Crippen LogP contribution in [-0.4, -0.2) is 19.6 Å². The van der Waals surface area contributed by atoms with Crippen LogP contribution in [0.2, 0.25) is 0 Å². The zero-order chi connectivity index (χ0) is 11.3. The SMILES string of the molecule is O=c1[nH]c2cc(F)c(Br)cc2c2ncnn12. The number of rotatable bonds is 0. The van der Waals surface area contributed by atoms with Crippen molar-refractivity contribution in [3.63, 3.8) is 0 Å². The van der Waals surface area contributed by atoms with Crippen molar-refractivity contribution in [3.8, 4) is 0 Å². The van der Waals surface area contributed by atoms with E-state index < -0.39 is 11.5 Å². The Morgan fingerprint density at radius 3 is 3.06 bits per heavy atom. The van der Waals surface area contributed by atoms with Gasteiger partial charge in [0.25, 0.3) is 0 Å². The Hall–Kier alpha value is -1.76. The van der Waals surface area contributed by atoms with Crippen LogP contribution in [0.15, 0.2) is 27.7 Å². The number of nitrogens with one attached hydrogen (secondary N) is 1. The Kier molecular flexibility index (Phi) is 1.84. The van der Waals surface area contributed by atoms with Crippen molar-refractivity contribution in [1.29, 1.82) is 0 Å². The highest BCUT2D eigenvalue weighted by Crippen LogP contribution is 2.23. The molecule has 2 heterocycles. The number of hydrogen-bond donors (Lipinski definition) is 1. The molecule has 5 nitrogen and oxygen atoms in total.